The molecule has 6 nitrogen and oxygen atoms in total. The molecular formula is C19H24N2O4S. The first kappa shape index (κ1) is 19.8. The molecule has 26 heavy (non-hydrogen) atoms. The van der Waals surface area contributed by atoms with Crippen molar-refractivity contribution in [2.75, 3.05) is 17.1 Å². The summed E-state index contributed by atoms with van der Waals surface area (Å²) < 4.78 is 31.2. The average Bonchev–Trinajstić information content (AvgIpc) is 2.61. The number of nitrogens with one attached hydrogen (secondary N) is 2. The third-order valence-corrected chi connectivity index (χ3v) is 5.01. The zero-order valence-electron chi connectivity index (χ0n) is 15.2. The Kier molecular flexibility index (Phi) is 6.63. The highest BCUT2D eigenvalue weighted by Crippen LogP contribution is 2.13. The fraction of sp³-hybridized carbons (Fsp3) is 0.316. The van der Waals surface area contributed by atoms with Gasteiger partial charge in [-0.15, -0.1) is 0 Å². The van der Waals surface area contributed by atoms with Gasteiger partial charge < -0.3 is 10.1 Å². The van der Waals surface area contributed by atoms with Gasteiger partial charge in [0, 0.05) is 11.3 Å². The predicted octanol–water partition coefficient (Wildman–Crippen LogP) is 2.95. The minimum atomic E-state index is -3.33. The summed E-state index contributed by atoms with van der Waals surface area (Å²) in [6.45, 7) is 5.77. The number of aryl methyl sites for hydroxylation is 1. The van der Waals surface area contributed by atoms with Crippen LogP contribution in [0.3, 0.4) is 0 Å². The molecule has 0 spiro atoms. The second kappa shape index (κ2) is 8.71. The van der Waals surface area contributed by atoms with Gasteiger partial charge in [0.25, 0.3) is 5.91 Å². The van der Waals surface area contributed by atoms with Crippen LogP contribution in [0.5, 0.6) is 5.75 Å². The van der Waals surface area contributed by atoms with Crippen LogP contribution in [0.25, 0.3) is 0 Å². The second-order valence-electron chi connectivity index (χ2n) is 6.08. The normalized spacial score (nSPS) is 12.3. The Hall–Kier alpha value is -2.54. The van der Waals surface area contributed by atoms with Crippen LogP contribution in [-0.2, 0) is 10.0 Å². The van der Waals surface area contributed by atoms with Crippen molar-refractivity contribution in [3.05, 3.63) is 59.7 Å². The summed E-state index contributed by atoms with van der Waals surface area (Å²) in [4.78, 5) is 12.3. The minimum Gasteiger partial charge on any atom is -0.491 e. The smallest absolute Gasteiger partial charge is 0.251 e. The average molecular weight is 376 g/mol. The Morgan fingerprint density at radius 1 is 1.08 bits per heavy atom. The fourth-order valence-electron chi connectivity index (χ4n) is 2.15. The lowest BCUT2D eigenvalue weighted by molar-refractivity contribution is 0.0926. The van der Waals surface area contributed by atoms with E-state index >= 15 is 0 Å². The third kappa shape index (κ3) is 6.07. The van der Waals surface area contributed by atoms with Gasteiger partial charge in [-0.3, -0.25) is 9.52 Å². The maximum Gasteiger partial charge on any atom is 0.251 e. The molecule has 0 aromatic heterocycles. The number of benzene rings is 2. The van der Waals surface area contributed by atoms with Gasteiger partial charge in [0.05, 0.1) is 11.8 Å². The van der Waals surface area contributed by atoms with Crippen molar-refractivity contribution in [3.63, 3.8) is 0 Å². The predicted molar refractivity (Wildman–Crippen MR) is 103 cm³/mol. The second-order valence-corrected chi connectivity index (χ2v) is 8.09. The Morgan fingerprint density at radius 2 is 1.69 bits per heavy atom. The molecule has 0 bridgehead atoms. The number of sulfonamides is 1. The molecule has 0 aliphatic rings. The molecule has 140 valence electrons. The molecule has 2 aromatic carbocycles. The van der Waals surface area contributed by atoms with Gasteiger partial charge in [-0.05, 0) is 57.2 Å². The summed E-state index contributed by atoms with van der Waals surface area (Å²) in [6, 6.07) is 13.8. The molecule has 2 rings (SSSR count). The lowest BCUT2D eigenvalue weighted by Gasteiger charge is -2.15. The number of anilines is 1. The monoisotopic (exact) mass is 376 g/mol. The van der Waals surface area contributed by atoms with E-state index in [0.29, 0.717) is 17.9 Å². The summed E-state index contributed by atoms with van der Waals surface area (Å²) >= 11 is 0. The standard InChI is InChI=1S/C19H24N2O4S/c1-4-26(23,24)21-17-9-7-16(8-10-17)19(22)20-15(3)13-25-18-11-5-14(2)6-12-18/h5-12,15,21H,4,13H2,1-3H3,(H,20,22). The number of hydrogen-bond acceptors (Lipinski definition) is 4. The summed E-state index contributed by atoms with van der Waals surface area (Å²) in [5.41, 5.74) is 2.04. The third-order valence-electron chi connectivity index (χ3n) is 3.70. The van der Waals surface area contributed by atoms with Gasteiger partial charge in [0.2, 0.25) is 10.0 Å². The number of rotatable bonds is 8. The number of ether oxygens (including phenoxy) is 1. The molecule has 1 amide bonds. The van der Waals surface area contributed by atoms with Crippen molar-refractivity contribution >= 4 is 21.6 Å². The number of carbonyl (C=O) groups is 1. The van der Waals surface area contributed by atoms with E-state index in [1.165, 1.54) is 0 Å². The van der Waals surface area contributed by atoms with E-state index in [1.54, 1.807) is 31.2 Å². The molecule has 7 heteroatoms. The Balaban J connectivity index is 1.87. The zero-order chi connectivity index (χ0) is 19.2. The van der Waals surface area contributed by atoms with E-state index in [0.717, 1.165) is 11.3 Å². The molecule has 0 fully saturated rings. The first-order valence-corrected chi connectivity index (χ1v) is 10.0. The van der Waals surface area contributed by atoms with E-state index in [1.807, 2.05) is 38.1 Å². The maximum absolute atomic E-state index is 12.3. The van der Waals surface area contributed by atoms with Crippen LogP contribution in [-0.4, -0.2) is 32.7 Å². The molecule has 0 radical (unpaired) electrons. The molecule has 1 unspecified atom stereocenters. The molecule has 2 aromatic rings. The Bertz CT molecular complexity index is 831. The summed E-state index contributed by atoms with van der Waals surface area (Å²) in [5.74, 6) is 0.507. The van der Waals surface area contributed by atoms with Crippen molar-refractivity contribution < 1.29 is 17.9 Å². The number of amides is 1. The molecule has 2 N–H and O–H groups in total. The van der Waals surface area contributed by atoms with E-state index in [4.69, 9.17) is 4.74 Å². The lowest BCUT2D eigenvalue weighted by atomic mass is 10.2. The highest BCUT2D eigenvalue weighted by molar-refractivity contribution is 7.92. The SMILES string of the molecule is CCS(=O)(=O)Nc1ccc(C(=O)NC(C)COc2ccc(C)cc2)cc1. The van der Waals surface area contributed by atoms with Crippen LogP contribution >= 0.6 is 0 Å². The Labute approximate surface area is 154 Å². The summed E-state index contributed by atoms with van der Waals surface area (Å²) in [5, 5.41) is 2.85. The van der Waals surface area contributed by atoms with E-state index in [2.05, 4.69) is 10.0 Å². The largest absolute Gasteiger partial charge is 0.491 e. The maximum atomic E-state index is 12.3. The first-order chi connectivity index (χ1) is 12.3. The zero-order valence-corrected chi connectivity index (χ0v) is 16.0. The number of carbonyl (C=O) groups excluding carboxylic acids is 1. The quantitative estimate of drug-likeness (QED) is 0.742. The van der Waals surface area contributed by atoms with Crippen LogP contribution < -0.4 is 14.8 Å². The van der Waals surface area contributed by atoms with Crippen LogP contribution in [0.1, 0.15) is 29.8 Å². The number of hydrogen-bond donors (Lipinski definition) is 2. The van der Waals surface area contributed by atoms with Crippen molar-refractivity contribution in [1.29, 1.82) is 0 Å². The van der Waals surface area contributed by atoms with Gasteiger partial charge in [-0.2, -0.15) is 0 Å². The molecule has 0 aliphatic heterocycles. The molecule has 1 atom stereocenters. The van der Waals surface area contributed by atoms with Crippen molar-refractivity contribution in [2.24, 2.45) is 0 Å². The summed E-state index contributed by atoms with van der Waals surface area (Å²) in [7, 11) is -3.33. The van der Waals surface area contributed by atoms with Gasteiger partial charge in [-0.25, -0.2) is 8.42 Å². The Morgan fingerprint density at radius 3 is 2.27 bits per heavy atom. The molecule has 0 saturated carbocycles. The van der Waals surface area contributed by atoms with Crippen LogP contribution in [0, 0.1) is 6.92 Å². The highest BCUT2D eigenvalue weighted by Gasteiger charge is 2.12. The minimum absolute atomic E-state index is 0.00622. The van der Waals surface area contributed by atoms with Crippen molar-refractivity contribution in [3.8, 4) is 5.75 Å². The van der Waals surface area contributed by atoms with Crippen LogP contribution in [0.15, 0.2) is 48.5 Å². The first-order valence-electron chi connectivity index (χ1n) is 8.40. The van der Waals surface area contributed by atoms with E-state index < -0.39 is 10.0 Å². The molecule has 0 aliphatic carbocycles. The van der Waals surface area contributed by atoms with Crippen molar-refractivity contribution in [2.45, 2.75) is 26.8 Å². The van der Waals surface area contributed by atoms with Crippen LogP contribution in [0.2, 0.25) is 0 Å². The summed E-state index contributed by atoms with van der Waals surface area (Å²) in [6.07, 6.45) is 0. The lowest BCUT2D eigenvalue weighted by Crippen LogP contribution is -2.36. The topological polar surface area (TPSA) is 84.5 Å². The highest BCUT2D eigenvalue weighted by atomic mass is 32.2. The fourth-order valence-corrected chi connectivity index (χ4v) is 2.79. The molecular weight excluding hydrogens is 352 g/mol. The van der Waals surface area contributed by atoms with Gasteiger partial charge in [0.1, 0.15) is 12.4 Å². The van der Waals surface area contributed by atoms with E-state index in [-0.39, 0.29) is 17.7 Å². The van der Waals surface area contributed by atoms with Gasteiger partial charge in [-0.1, -0.05) is 17.7 Å². The van der Waals surface area contributed by atoms with E-state index in [9.17, 15) is 13.2 Å². The van der Waals surface area contributed by atoms with Gasteiger partial charge in [0.15, 0.2) is 0 Å². The molecule has 0 heterocycles. The van der Waals surface area contributed by atoms with Gasteiger partial charge >= 0.3 is 0 Å². The van der Waals surface area contributed by atoms with Crippen LogP contribution in [0.4, 0.5) is 5.69 Å². The molecule has 0 saturated heterocycles. The van der Waals surface area contributed by atoms with Crippen molar-refractivity contribution in [1.82, 2.24) is 5.32 Å².